The van der Waals surface area contributed by atoms with Gasteiger partial charge in [0.05, 0.1) is 6.54 Å². The summed E-state index contributed by atoms with van der Waals surface area (Å²) in [6.07, 6.45) is 2.12. The monoisotopic (exact) mass is 113 g/mol. The van der Waals surface area contributed by atoms with Crippen LogP contribution in [0, 0.1) is 12.0 Å². The van der Waals surface area contributed by atoms with Crippen LogP contribution in [-0.4, -0.2) is 12.5 Å². The predicted octanol–water partition coefficient (Wildman–Crippen LogP) is -0.531. The summed E-state index contributed by atoms with van der Waals surface area (Å²) in [6.45, 7) is 1.46. The lowest BCUT2D eigenvalue weighted by Crippen LogP contribution is -2.14. The van der Waals surface area contributed by atoms with Gasteiger partial charge in [-0.25, -0.2) is 4.79 Å². The third-order valence-corrected chi connectivity index (χ3v) is 0.434. The van der Waals surface area contributed by atoms with Crippen molar-refractivity contribution in [3.8, 4) is 12.0 Å². The first kappa shape index (κ1) is 6.99. The highest BCUT2D eigenvalue weighted by molar-refractivity contribution is 5.72. The normalized spacial score (nSPS) is 6.75. The van der Waals surface area contributed by atoms with Crippen molar-refractivity contribution in [3.05, 3.63) is 0 Å². The number of rotatable bonds is 1. The fourth-order valence-electron chi connectivity index (χ4n) is 0.150. The molecular formula is C5H7NO2. The van der Waals surface area contributed by atoms with Gasteiger partial charge in [-0.15, -0.1) is 0 Å². The van der Waals surface area contributed by atoms with Crippen molar-refractivity contribution >= 4 is 5.97 Å². The highest BCUT2D eigenvalue weighted by Gasteiger charge is 1.91. The Labute approximate surface area is 47.8 Å². The number of esters is 1. The van der Waals surface area contributed by atoms with Gasteiger partial charge in [-0.1, -0.05) is 5.92 Å². The zero-order chi connectivity index (χ0) is 6.41. The summed E-state index contributed by atoms with van der Waals surface area (Å²) in [5, 5.41) is 0. The largest absolute Gasteiger partial charge is 0.371 e. The van der Waals surface area contributed by atoms with Gasteiger partial charge in [-0.05, 0) is 0 Å². The van der Waals surface area contributed by atoms with Crippen LogP contribution in [-0.2, 0) is 9.53 Å². The molecule has 0 unspecified atom stereocenters. The molecule has 0 spiro atoms. The summed E-state index contributed by atoms with van der Waals surface area (Å²) < 4.78 is 4.22. The van der Waals surface area contributed by atoms with Crippen LogP contribution in [0.25, 0.3) is 0 Å². The van der Waals surface area contributed by atoms with E-state index in [1.165, 1.54) is 0 Å². The first-order chi connectivity index (χ1) is 3.81. The third-order valence-electron chi connectivity index (χ3n) is 0.434. The molecule has 0 aromatic rings. The number of carbonyl (C=O) groups is 1. The molecule has 0 rings (SSSR count). The molecule has 0 aliphatic carbocycles. The molecular weight excluding hydrogens is 106 g/mol. The molecule has 0 aromatic carbocycles. The lowest BCUT2D eigenvalue weighted by atomic mass is 10.7. The van der Waals surface area contributed by atoms with Crippen LogP contribution < -0.4 is 5.73 Å². The van der Waals surface area contributed by atoms with E-state index in [9.17, 15) is 4.79 Å². The maximum absolute atomic E-state index is 10.1. The molecule has 3 nitrogen and oxygen atoms in total. The Balaban J connectivity index is 3.35. The molecule has 0 bridgehead atoms. The quantitative estimate of drug-likeness (QED) is 0.367. The molecule has 2 N–H and O–H groups in total. The molecule has 0 aliphatic rings. The Bertz CT molecular complexity index is 131. The SMILES string of the molecule is CC#COC(=O)CN. The molecule has 0 saturated heterocycles. The molecule has 8 heavy (non-hydrogen) atoms. The predicted molar refractivity (Wildman–Crippen MR) is 28.6 cm³/mol. The zero-order valence-electron chi connectivity index (χ0n) is 4.60. The van der Waals surface area contributed by atoms with Gasteiger partial charge in [-0.3, -0.25) is 0 Å². The molecule has 0 saturated carbocycles. The number of ether oxygens (including phenoxy) is 1. The van der Waals surface area contributed by atoms with Gasteiger partial charge in [0.15, 0.2) is 0 Å². The number of carbonyl (C=O) groups excluding carboxylic acids is 1. The molecule has 0 aliphatic heterocycles. The Morgan fingerprint density at radius 3 is 2.88 bits per heavy atom. The van der Waals surface area contributed by atoms with Crippen LogP contribution in [0.1, 0.15) is 6.92 Å². The standard InChI is InChI=1S/C5H7NO2/c1-2-3-8-5(7)4-6/h4,6H2,1H3. The van der Waals surface area contributed by atoms with E-state index in [0.717, 1.165) is 0 Å². The van der Waals surface area contributed by atoms with E-state index >= 15 is 0 Å². The van der Waals surface area contributed by atoms with E-state index in [1.807, 2.05) is 0 Å². The minimum absolute atomic E-state index is 0.116. The average Bonchev–Trinajstić information content (AvgIpc) is 1.83. The van der Waals surface area contributed by atoms with Crippen molar-refractivity contribution in [1.82, 2.24) is 0 Å². The summed E-state index contributed by atoms with van der Waals surface area (Å²) in [5.41, 5.74) is 4.87. The van der Waals surface area contributed by atoms with Crippen LogP contribution in [0.5, 0.6) is 0 Å². The van der Waals surface area contributed by atoms with E-state index < -0.39 is 5.97 Å². The van der Waals surface area contributed by atoms with Gasteiger partial charge < -0.3 is 10.5 Å². The fourth-order valence-corrected chi connectivity index (χ4v) is 0.150. The van der Waals surface area contributed by atoms with Crippen LogP contribution in [0.2, 0.25) is 0 Å². The van der Waals surface area contributed by atoms with Crippen molar-refractivity contribution in [2.24, 2.45) is 5.73 Å². The average molecular weight is 113 g/mol. The van der Waals surface area contributed by atoms with E-state index in [-0.39, 0.29) is 6.54 Å². The van der Waals surface area contributed by atoms with Gasteiger partial charge in [0.1, 0.15) is 6.11 Å². The van der Waals surface area contributed by atoms with Crippen LogP contribution in [0.3, 0.4) is 0 Å². The van der Waals surface area contributed by atoms with Crippen LogP contribution in [0.15, 0.2) is 0 Å². The Hall–Kier alpha value is -1.01. The first-order valence-electron chi connectivity index (χ1n) is 2.12. The molecule has 44 valence electrons. The summed E-state index contributed by atoms with van der Waals surface area (Å²) in [5.74, 6) is 1.88. The van der Waals surface area contributed by atoms with Gasteiger partial charge in [0.25, 0.3) is 0 Å². The summed E-state index contributed by atoms with van der Waals surface area (Å²) in [6, 6.07) is 0. The molecule has 0 heterocycles. The number of hydrogen-bond acceptors (Lipinski definition) is 3. The minimum atomic E-state index is -0.501. The Kier molecular flexibility index (Phi) is 3.63. The lowest BCUT2D eigenvalue weighted by molar-refractivity contribution is -0.135. The Morgan fingerprint density at radius 1 is 1.88 bits per heavy atom. The van der Waals surface area contributed by atoms with Crippen molar-refractivity contribution < 1.29 is 9.53 Å². The lowest BCUT2D eigenvalue weighted by Gasteiger charge is -1.86. The first-order valence-corrected chi connectivity index (χ1v) is 2.12. The smallest absolute Gasteiger partial charge is 0.333 e. The third kappa shape index (κ3) is 3.19. The van der Waals surface area contributed by atoms with E-state index in [1.54, 1.807) is 6.92 Å². The second kappa shape index (κ2) is 4.16. The van der Waals surface area contributed by atoms with Crippen LogP contribution >= 0.6 is 0 Å². The van der Waals surface area contributed by atoms with Crippen molar-refractivity contribution in [2.45, 2.75) is 6.92 Å². The highest BCUT2D eigenvalue weighted by atomic mass is 16.5. The van der Waals surface area contributed by atoms with Gasteiger partial charge >= 0.3 is 5.97 Å². The van der Waals surface area contributed by atoms with E-state index in [4.69, 9.17) is 5.73 Å². The number of hydrogen-bond donors (Lipinski definition) is 1. The van der Waals surface area contributed by atoms with Crippen molar-refractivity contribution in [3.63, 3.8) is 0 Å². The summed E-state index contributed by atoms with van der Waals surface area (Å²) in [4.78, 5) is 10.1. The zero-order valence-corrected chi connectivity index (χ0v) is 4.60. The topological polar surface area (TPSA) is 52.3 Å². The van der Waals surface area contributed by atoms with E-state index in [2.05, 4.69) is 16.8 Å². The Morgan fingerprint density at radius 2 is 2.50 bits per heavy atom. The summed E-state index contributed by atoms with van der Waals surface area (Å²) >= 11 is 0. The fraction of sp³-hybridized carbons (Fsp3) is 0.400. The maximum Gasteiger partial charge on any atom is 0.333 e. The van der Waals surface area contributed by atoms with Gasteiger partial charge in [0, 0.05) is 6.92 Å². The maximum atomic E-state index is 10.1. The molecule has 0 atom stereocenters. The molecule has 3 heteroatoms. The highest BCUT2D eigenvalue weighted by Crippen LogP contribution is 1.67. The van der Waals surface area contributed by atoms with Crippen molar-refractivity contribution in [1.29, 1.82) is 0 Å². The minimum Gasteiger partial charge on any atom is -0.371 e. The molecule has 0 aromatic heterocycles. The molecule has 0 amide bonds. The second-order valence-corrected chi connectivity index (χ2v) is 1.03. The van der Waals surface area contributed by atoms with Gasteiger partial charge in [-0.2, -0.15) is 0 Å². The van der Waals surface area contributed by atoms with Gasteiger partial charge in [0.2, 0.25) is 0 Å². The van der Waals surface area contributed by atoms with Crippen molar-refractivity contribution in [2.75, 3.05) is 6.54 Å². The van der Waals surface area contributed by atoms with E-state index in [0.29, 0.717) is 0 Å². The van der Waals surface area contributed by atoms with Crippen LogP contribution in [0.4, 0.5) is 0 Å². The molecule has 0 radical (unpaired) electrons. The summed E-state index contributed by atoms with van der Waals surface area (Å²) in [7, 11) is 0. The second-order valence-electron chi connectivity index (χ2n) is 1.03. The number of nitrogens with two attached hydrogens (primary N) is 1. The molecule has 0 fully saturated rings.